The number of carbonyl (C=O) groups is 1. The first-order chi connectivity index (χ1) is 10.8. The molecule has 2 aromatic rings. The third kappa shape index (κ3) is 2.96. The molecule has 1 aliphatic carbocycles. The third-order valence-corrected chi connectivity index (χ3v) is 4.07. The molecule has 6 nitrogen and oxygen atoms in total. The summed E-state index contributed by atoms with van der Waals surface area (Å²) in [6.07, 6.45) is 3.52. The summed E-state index contributed by atoms with van der Waals surface area (Å²) in [6.45, 7) is 0.680. The molecule has 6 heteroatoms. The molecular weight excluding hydrogens is 280 g/mol. The molecule has 0 spiro atoms. The summed E-state index contributed by atoms with van der Waals surface area (Å²) in [4.78, 5) is 14.2. The number of fused-ring (bicyclic) bond motifs is 1. The molecule has 0 aliphatic heterocycles. The fraction of sp³-hybridized carbons (Fsp3) is 0.375. The van der Waals surface area contributed by atoms with E-state index in [-0.39, 0.29) is 18.7 Å². The number of hydrogen-bond donors (Lipinski definition) is 3. The van der Waals surface area contributed by atoms with Crippen molar-refractivity contribution in [3.05, 3.63) is 53.3 Å². The number of aliphatic hydroxyl groups excluding tert-OH is 1. The monoisotopic (exact) mass is 300 g/mol. The predicted molar refractivity (Wildman–Crippen MR) is 82.1 cm³/mol. The number of benzene rings is 1. The van der Waals surface area contributed by atoms with E-state index in [9.17, 15) is 9.90 Å². The number of rotatable bonds is 5. The molecule has 0 bridgehead atoms. The molecule has 1 aliphatic rings. The molecule has 3 N–H and O–H groups in total. The zero-order chi connectivity index (χ0) is 15.4. The van der Waals surface area contributed by atoms with Gasteiger partial charge in [0.1, 0.15) is 0 Å². The van der Waals surface area contributed by atoms with Crippen LogP contribution in [0.2, 0.25) is 0 Å². The average Bonchev–Trinajstić information content (AvgIpc) is 3.20. The van der Waals surface area contributed by atoms with Crippen molar-refractivity contribution in [2.75, 3.05) is 13.2 Å². The van der Waals surface area contributed by atoms with Crippen molar-refractivity contribution in [3.8, 4) is 0 Å². The summed E-state index contributed by atoms with van der Waals surface area (Å²) in [5.41, 5.74) is 3.33. The molecule has 0 radical (unpaired) electrons. The minimum Gasteiger partial charge on any atom is -0.395 e. The lowest BCUT2D eigenvalue weighted by atomic mass is 10.1. The Kier molecular flexibility index (Phi) is 4.39. The van der Waals surface area contributed by atoms with E-state index in [1.165, 1.54) is 11.1 Å². The summed E-state index contributed by atoms with van der Waals surface area (Å²) >= 11 is 0. The van der Waals surface area contributed by atoms with Crippen LogP contribution in [0, 0.1) is 0 Å². The van der Waals surface area contributed by atoms with E-state index in [2.05, 4.69) is 27.6 Å². The van der Waals surface area contributed by atoms with E-state index >= 15 is 0 Å². The van der Waals surface area contributed by atoms with Gasteiger partial charge in [0.15, 0.2) is 0 Å². The van der Waals surface area contributed by atoms with Crippen molar-refractivity contribution in [1.82, 2.24) is 20.4 Å². The number of aryl methyl sites for hydroxylation is 1. The van der Waals surface area contributed by atoms with Gasteiger partial charge in [-0.3, -0.25) is 5.10 Å². The quantitative estimate of drug-likeness (QED) is 0.784. The number of nitrogens with zero attached hydrogens (tertiary/aromatic N) is 2. The number of amides is 2. The number of hydrogen-bond acceptors (Lipinski definition) is 3. The summed E-state index contributed by atoms with van der Waals surface area (Å²) in [5, 5.41) is 18.9. The molecule has 2 amide bonds. The second-order valence-electron chi connectivity index (χ2n) is 5.41. The Labute approximate surface area is 129 Å². The summed E-state index contributed by atoms with van der Waals surface area (Å²) in [6, 6.07) is 9.89. The van der Waals surface area contributed by atoms with Crippen molar-refractivity contribution >= 4 is 6.03 Å². The summed E-state index contributed by atoms with van der Waals surface area (Å²) < 4.78 is 0. The van der Waals surface area contributed by atoms with Crippen LogP contribution in [-0.2, 0) is 13.0 Å². The molecule has 3 rings (SSSR count). The number of aliphatic hydroxyl groups is 1. The number of nitrogens with one attached hydrogen (secondary N) is 2. The largest absolute Gasteiger partial charge is 0.395 e. The van der Waals surface area contributed by atoms with E-state index in [1.807, 2.05) is 18.2 Å². The highest BCUT2D eigenvalue weighted by Gasteiger charge is 2.30. The Morgan fingerprint density at radius 1 is 1.41 bits per heavy atom. The highest BCUT2D eigenvalue weighted by molar-refractivity contribution is 5.75. The molecule has 0 saturated carbocycles. The molecule has 1 heterocycles. The third-order valence-electron chi connectivity index (χ3n) is 4.07. The van der Waals surface area contributed by atoms with Crippen LogP contribution in [0.1, 0.15) is 29.3 Å². The summed E-state index contributed by atoms with van der Waals surface area (Å²) in [7, 11) is 0. The second-order valence-corrected chi connectivity index (χ2v) is 5.41. The van der Waals surface area contributed by atoms with Crippen LogP contribution in [0.15, 0.2) is 36.5 Å². The molecular formula is C16H20N4O2. The Balaban J connectivity index is 1.71. The van der Waals surface area contributed by atoms with Gasteiger partial charge in [0.05, 0.1) is 24.9 Å². The van der Waals surface area contributed by atoms with Gasteiger partial charge in [-0.15, -0.1) is 0 Å². The SMILES string of the molecule is O=C(NCc1ccn[nH]1)N(CCO)C1CCc2ccccc21. The molecule has 1 atom stereocenters. The predicted octanol–water partition coefficient (Wildman–Crippen LogP) is 1.60. The lowest BCUT2D eigenvalue weighted by molar-refractivity contribution is 0.151. The Bertz CT molecular complexity index is 627. The maximum Gasteiger partial charge on any atom is 0.318 e. The second kappa shape index (κ2) is 6.62. The highest BCUT2D eigenvalue weighted by atomic mass is 16.3. The van der Waals surface area contributed by atoms with Gasteiger partial charge in [-0.05, 0) is 30.0 Å². The summed E-state index contributed by atoms with van der Waals surface area (Å²) in [5.74, 6) is 0. The molecule has 1 unspecified atom stereocenters. The van der Waals surface area contributed by atoms with Gasteiger partial charge >= 0.3 is 6.03 Å². The van der Waals surface area contributed by atoms with Crippen LogP contribution in [-0.4, -0.2) is 39.4 Å². The number of H-pyrrole nitrogens is 1. The fourth-order valence-electron chi connectivity index (χ4n) is 3.02. The number of carbonyl (C=O) groups excluding carboxylic acids is 1. The van der Waals surface area contributed by atoms with Crippen LogP contribution < -0.4 is 5.32 Å². The van der Waals surface area contributed by atoms with Gasteiger partial charge < -0.3 is 15.3 Å². The maximum atomic E-state index is 12.5. The molecule has 116 valence electrons. The Hall–Kier alpha value is -2.34. The number of urea groups is 1. The van der Waals surface area contributed by atoms with Gasteiger partial charge in [-0.1, -0.05) is 24.3 Å². The van der Waals surface area contributed by atoms with Crippen molar-refractivity contribution in [1.29, 1.82) is 0 Å². The lowest BCUT2D eigenvalue weighted by Crippen LogP contribution is -2.43. The maximum absolute atomic E-state index is 12.5. The van der Waals surface area contributed by atoms with Crippen molar-refractivity contribution < 1.29 is 9.90 Å². The average molecular weight is 300 g/mol. The fourth-order valence-corrected chi connectivity index (χ4v) is 3.02. The Morgan fingerprint density at radius 2 is 2.27 bits per heavy atom. The van der Waals surface area contributed by atoms with Crippen LogP contribution in [0.3, 0.4) is 0 Å². The first-order valence-corrected chi connectivity index (χ1v) is 7.51. The number of aromatic nitrogens is 2. The van der Waals surface area contributed by atoms with Crippen LogP contribution in [0.25, 0.3) is 0 Å². The van der Waals surface area contributed by atoms with E-state index in [1.54, 1.807) is 11.1 Å². The Morgan fingerprint density at radius 3 is 3.05 bits per heavy atom. The molecule has 22 heavy (non-hydrogen) atoms. The topological polar surface area (TPSA) is 81.2 Å². The normalized spacial score (nSPS) is 16.3. The van der Waals surface area contributed by atoms with Crippen LogP contribution in [0.4, 0.5) is 4.79 Å². The first-order valence-electron chi connectivity index (χ1n) is 7.51. The van der Waals surface area contributed by atoms with Crippen LogP contribution in [0.5, 0.6) is 0 Å². The zero-order valence-corrected chi connectivity index (χ0v) is 12.3. The van der Waals surface area contributed by atoms with Gasteiger partial charge in [0, 0.05) is 12.7 Å². The lowest BCUT2D eigenvalue weighted by Gasteiger charge is -2.29. The van der Waals surface area contributed by atoms with Crippen molar-refractivity contribution in [2.45, 2.75) is 25.4 Å². The molecule has 1 aromatic carbocycles. The first kappa shape index (κ1) is 14.6. The number of aromatic amines is 1. The van der Waals surface area contributed by atoms with E-state index < -0.39 is 0 Å². The molecule has 1 aromatic heterocycles. The molecule has 0 fully saturated rings. The smallest absolute Gasteiger partial charge is 0.318 e. The van der Waals surface area contributed by atoms with Crippen molar-refractivity contribution in [2.24, 2.45) is 0 Å². The van der Waals surface area contributed by atoms with Crippen LogP contribution >= 0.6 is 0 Å². The standard InChI is InChI=1S/C16H20N4O2/c21-10-9-20(16(22)17-11-13-7-8-18-19-13)15-6-5-12-3-1-2-4-14(12)15/h1-4,7-8,15,21H,5-6,9-11H2,(H,17,22)(H,18,19). The highest BCUT2D eigenvalue weighted by Crippen LogP contribution is 2.35. The van der Waals surface area contributed by atoms with Gasteiger partial charge in [0.25, 0.3) is 0 Å². The van der Waals surface area contributed by atoms with Gasteiger partial charge in [0.2, 0.25) is 0 Å². The van der Waals surface area contributed by atoms with Gasteiger partial charge in [-0.2, -0.15) is 5.10 Å². The van der Waals surface area contributed by atoms with E-state index in [0.717, 1.165) is 18.5 Å². The van der Waals surface area contributed by atoms with E-state index in [0.29, 0.717) is 13.1 Å². The molecule has 0 saturated heterocycles. The minimum atomic E-state index is -0.162. The van der Waals surface area contributed by atoms with Gasteiger partial charge in [-0.25, -0.2) is 4.79 Å². The minimum absolute atomic E-state index is 0.0325. The zero-order valence-electron chi connectivity index (χ0n) is 12.3. The van der Waals surface area contributed by atoms with Crippen molar-refractivity contribution in [3.63, 3.8) is 0 Å². The van der Waals surface area contributed by atoms with E-state index in [4.69, 9.17) is 0 Å².